The van der Waals surface area contributed by atoms with E-state index in [1.165, 1.54) is 0 Å². The molecule has 0 aromatic heterocycles. The zero-order chi connectivity index (χ0) is 19.1. The minimum Gasteiger partial charge on any atom is -0.507 e. The topological polar surface area (TPSA) is 69.6 Å². The van der Waals surface area contributed by atoms with E-state index >= 15 is 0 Å². The normalized spacial score (nSPS) is 10.5. The van der Waals surface area contributed by atoms with Gasteiger partial charge in [0.05, 0.1) is 11.1 Å². The largest absolute Gasteiger partial charge is 0.507 e. The highest BCUT2D eigenvalue weighted by atomic mass is 16.3. The molecule has 2 aromatic rings. The smallest absolute Gasteiger partial charge is 0.255 e. The van der Waals surface area contributed by atoms with Crippen molar-refractivity contribution in [2.45, 2.75) is 39.5 Å². The molecule has 0 aliphatic rings. The number of phenols is 2. The summed E-state index contributed by atoms with van der Waals surface area (Å²) in [7, 11) is 0. The van der Waals surface area contributed by atoms with Crippen molar-refractivity contribution < 1.29 is 15.0 Å². The molecule has 0 bridgehead atoms. The third-order valence-electron chi connectivity index (χ3n) is 4.35. The van der Waals surface area contributed by atoms with Crippen molar-refractivity contribution in [3.63, 3.8) is 0 Å². The van der Waals surface area contributed by atoms with Crippen LogP contribution in [0.5, 0.6) is 11.5 Å². The molecule has 2 aromatic carbocycles. The summed E-state index contributed by atoms with van der Waals surface area (Å²) in [5.41, 5.74) is 2.87. The van der Waals surface area contributed by atoms with Crippen LogP contribution < -0.4 is 5.32 Å². The van der Waals surface area contributed by atoms with Crippen LogP contribution in [0.1, 0.15) is 47.7 Å². The van der Waals surface area contributed by atoms with Crippen molar-refractivity contribution in [1.29, 1.82) is 0 Å². The summed E-state index contributed by atoms with van der Waals surface area (Å²) in [5, 5.41) is 24.2. The zero-order valence-electron chi connectivity index (χ0n) is 15.5. The minimum absolute atomic E-state index is 0.0140. The van der Waals surface area contributed by atoms with Gasteiger partial charge in [0.25, 0.3) is 5.91 Å². The summed E-state index contributed by atoms with van der Waals surface area (Å²) in [6.07, 6.45) is 5.18. The fourth-order valence-electron chi connectivity index (χ4n) is 3.06. The predicted octanol–water partition coefficient (Wildman–Crippen LogP) is 4.72. The molecule has 4 heteroatoms. The van der Waals surface area contributed by atoms with Crippen LogP contribution in [-0.4, -0.2) is 22.7 Å². The number of hydrogen-bond donors (Lipinski definition) is 3. The van der Waals surface area contributed by atoms with Gasteiger partial charge in [-0.15, -0.1) is 6.58 Å². The second-order valence-electron chi connectivity index (χ2n) is 6.48. The van der Waals surface area contributed by atoms with Crippen molar-refractivity contribution in [2.75, 3.05) is 6.54 Å². The Bertz CT molecular complexity index is 796. The lowest BCUT2D eigenvalue weighted by molar-refractivity contribution is 0.0954. The van der Waals surface area contributed by atoms with Gasteiger partial charge in [-0.25, -0.2) is 0 Å². The molecule has 0 aliphatic carbocycles. The summed E-state index contributed by atoms with van der Waals surface area (Å²) in [6, 6.07) is 9.08. The maximum Gasteiger partial charge on any atom is 0.255 e. The number of aromatic hydroxyl groups is 2. The molecular weight excluding hydrogens is 326 g/mol. The van der Waals surface area contributed by atoms with Gasteiger partial charge in [0.2, 0.25) is 0 Å². The molecule has 0 fully saturated rings. The van der Waals surface area contributed by atoms with E-state index in [1.54, 1.807) is 12.1 Å². The van der Waals surface area contributed by atoms with Crippen molar-refractivity contribution in [1.82, 2.24) is 5.32 Å². The molecule has 138 valence electrons. The first kappa shape index (κ1) is 19.6. The molecule has 0 saturated carbocycles. The summed E-state index contributed by atoms with van der Waals surface area (Å²) < 4.78 is 0. The van der Waals surface area contributed by atoms with E-state index < -0.39 is 0 Å². The maximum absolute atomic E-state index is 12.6. The molecule has 0 unspecified atom stereocenters. The Balaban J connectivity index is 2.57. The molecule has 4 nitrogen and oxygen atoms in total. The van der Waals surface area contributed by atoms with Crippen molar-refractivity contribution >= 4 is 5.91 Å². The molecule has 3 N–H and O–H groups in total. The van der Waals surface area contributed by atoms with Crippen LogP contribution in [0.4, 0.5) is 0 Å². The second-order valence-corrected chi connectivity index (χ2v) is 6.48. The average Bonchev–Trinajstić information content (AvgIpc) is 2.60. The van der Waals surface area contributed by atoms with E-state index in [0.29, 0.717) is 24.1 Å². The molecule has 0 spiro atoms. The van der Waals surface area contributed by atoms with E-state index in [1.807, 2.05) is 31.2 Å². The molecule has 26 heavy (non-hydrogen) atoms. The van der Waals surface area contributed by atoms with Crippen LogP contribution in [0.15, 0.2) is 43.0 Å². The lowest BCUT2D eigenvalue weighted by Gasteiger charge is -2.17. The number of carbonyl (C=O) groups excluding carboxylic acids is 1. The molecule has 1 amide bonds. The number of carbonyl (C=O) groups is 1. The Morgan fingerprint density at radius 2 is 2.00 bits per heavy atom. The number of benzene rings is 2. The number of rotatable bonds is 8. The number of unbranched alkanes of at least 4 members (excludes halogenated alkanes) is 2. The monoisotopic (exact) mass is 353 g/mol. The first-order chi connectivity index (χ1) is 12.5. The third-order valence-corrected chi connectivity index (χ3v) is 4.35. The van der Waals surface area contributed by atoms with Crippen LogP contribution in [-0.2, 0) is 6.42 Å². The van der Waals surface area contributed by atoms with E-state index in [-0.39, 0.29) is 28.5 Å². The van der Waals surface area contributed by atoms with Crippen LogP contribution >= 0.6 is 0 Å². The highest BCUT2D eigenvalue weighted by Gasteiger charge is 2.23. The van der Waals surface area contributed by atoms with Gasteiger partial charge in [0.1, 0.15) is 11.5 Å². The minimum atomic E-state index is -0.359. The van der Waals surface area contributed by atoms with Crippen molar-refractivity contribution in [3.05, 3.63) is 59.7 Å². The van der Waals surface area contributed by atoms with E-state index in [2.05, 4.69) is 18.8 Å². The van der Waals surface area contributed by atoms with Crippen LogP contribution in [0, 0.1) is 6.92 Å². The fourth-order valence-corrected chi connectivity index (χ4v) is 3.06. The molecule has 0 aliphatic heterocycles. The lowest BCUT2D eigenvalue weighted by atomic mass is 9.92. The van der Waals surface area contributed by atoms with Gasteiger partial charge < -0.3 is 15.5 Å². The molecular formula is C22H27NO3. The zero-order valence-corrected chi connectivity index (χ0v) is 15.5. The van der Waals surface area contributed by atoms with Crippen LogP contribution in [0.2, 0.25) is 0 Å². The van der Waals surface area contributed by atoms with Gasteiger partial charge in [0.15, 0.2) is 0 Å². The van der Waals surface area contributed by atoms with E-state index in [4.69, 9.17) is 0 Å². The summed E-state index contributed by atoms with van der Waals surface area (Å²) >= 11 is 0. The summed E-state index contributed by atoms with van der Waals surface area (Å²) in [5.74, 6) is -0.550. The number of hydrogen-bond acceptors (Lipinski definition) is 3. The Labute approximate surface area is 155 Å². The Hall–Kier alpha value is -2.75. The fraction of sp³-hybridized carbons (Fsp3) is 0.318. The second kappa shape index (κ2) is 9.09. The molecule has 0 atom stereocenters. The van der Waals surface area contributed by atoms with Gasteiger partial charge in [-0.1, -0.05) is 55.7 Å². The van der Waals surface area contributed by atoms with Crippen molar-refractivity contribution in [3.8, 4) is 22.6 Å². The Morgan fingerprint density at radius 1 is 1.23 bits per heavy atom. The van der Waals surface area contributed by atoms with Crippen molar-refractivity contribution in [2.24, 2.45) is 0 Å². The molecule has 0 heterocycles. The molecule has 2 rings (SSSR count). The Kier molecular flexibility index (Phi) is 6.84. The summed E-state index contributed by atoms with van der Waals surface area (Å²) in [6.45, 7) is 7.96. The lowest BCUT2D eigenvalue weighted by Crippen LogP contribution is -2.24. The molecule has 0 saturated heterocycles. The first-order valence-corrected chi connectivity index (χ1v) is 9.03. The highest BCUT2D eigenvalue weighted by Crippen LogP contribution is 2.42. The molecule has 0 radical (unpaired) electrons. The Morgan fingerprint density at radius 3 is 2.65 bits per heavy atom. The van der Waals surface area contributed by atoms with Gasteiger partial charge in [-0.3, -0.25) is 4.79 Å². The van der Waals surface area contributed by atoms with Crippen LogP contribution in [0.3, 0.4) is 0 Å². The maximum atomic E-state index is 12.6. The van der Waals surface area contributed by atoms with Crippen LogP contribution in [0.25, 0.3) is 11.1 Å². The standard InChI is InChI=1S/C22H27NO3/c1-4-6-7-10-17-14-18(24)19(16-11-8-9-15(3)13-16)21(25)20(17)22(26)23-12-5-2/h5,8-9,11,13-14,24-25H,2,4,6-7,10,12H2,1,3H3,(H,23,26). The quantitative estimate of drug-likeness (QED) is 0.475. The van der Waals surface area contributed by atoms with Gasteiger partial charge in [-0.2, -0.15) is 0 Å². The number of amides is 1. The number of nitrogens with one attached hydrogen (secondary N) is 1. The first-order valence-electron chi connectivity index (χ1n) is 9.03. The summed E-state index contributed by atoms with van der Waals surface area (Å²) in [4.78, 5) is 12.6. The highest BCUT2D eigenvalue weighted by molar-refractivity contribution is 6.01. The predicted molar refractivity (Wildman–Crippen MR) is 106 cm³/mol. The van der Waals surface area contributed by atoms with Gasteiger partial charge >= 0.3 is 0 Å². The van der Waals surface area contributed by atoms with E-state index in [9.17, 15) is 15.0 Å². The van der Waals surface area contributed by atoms with Gasteiger partial charge in [0, 0.05) is 6.54 Å². The average molecular weight is 353 g/mol. The van der Waals surface area contributed by atoms with E-state index in [0.717, 1.165) is 24.8 Å². The third kappa shape index (κ3) is 4.45. The van der Waals surface area contributed by atoms with Gasteiger partial charge in [-0.05, 0) is 37.0 Å². The SMILES string of the molecule is C=CCNC(=O)c1c(CCCCC)cc(O)c(-c2cccc(C)c2)c1O. The number of phenolic OH excluding ortho intramolecular Hbond substituents is 2. The number of aryl methyl sites for hydroxylation is 2.